The van der Waals surface area contributed by atoms with Gasteiger partial charge in [-0.3, -0.25) is 0 Å². The molecule has 36 atom stereocenters. The van der Waals surface area contributed by atoms with Crippen LogP contribution in [0.5, 0.6) is 0 Å². The first-order valence-electron chi connectivity index (χ1n) is 50.9. The van der Waals surface area contributed by atoms with Gasteiger partial charge in [-0.1, -0.05) is 157 Å². The van der Waals surface area contributed by atoms with Crippen LogP contribution in [0.2, 0.25) is 0 Å². The average molecular weight is 1610 g/mol. The number of hydrogen-bond acceptors (Lipinski definition) is 8. The number of allylic oxidation sites excluding steroid dienone is 4. The van der Waals surface area contributed by atoms with Gasteiger partial charge >= 0.3 is 0 Å². The van der Waals surface area contributed by atoms with Crippen molar-refractivity contribution in [2.24, 2.45) is 187 Å². The number of fused-ring (bicyclic) bond motifs is 20. The summed E-state index contributed by atoms with van der Waals surface area (Å²) < 4.78 is 0. The normalized spacial score (nSPS) is 46.5. The van der Waals surface area contributed by atoms with Crippen molar-refractivity contribution in [2.75, 3.05) is 0 Å². The lowest BCUT2D eigenvalue weighted by atomic mass is 9.50. The van der Waals surface area contributed by atoms with E-state index in [0.29, 0.717) is 92.7 Å². The Morgan fingerprint density at radius 2 is 0.440 bits per heavy atom. The van der Waals surface area contributed by atoms with E-state index in [-0.39, 0.29) is 24.4 Å². The van der Waals surface area contributed by atoms with Crippen LogP contribution >= 0.6 is 0 Å². The van der Waals surface area contributed by atoms with Crippen LogP contribution in [0.4, 0.5) is 0 Å². The maximum absolute atomic E-state index is 10.9. The summed E-state index contributed by atoms with van der Waals surface area (Å²) in [5, 5.41) is 86.0. The van der Waals surface area contributed by atoms with E-state index in [9.17, 15) is 40.9 Å². The molecule has 0 heterocycles. The Bertz CT molecular complexity index is 2910. The number of aliphatic hydroxyl groups is 8. The molecule has 8 N–H and O–H groups in total. The second-order valence-electron chi connectivity index (χ2n) is 49.6. The molecule has 116 heavy (non-hydrogen) atoms. The molecule has 0 amide bonds. The summed E-state index contributed by atoms with van der Waals surface area (Å²) >= 11 is 0. The maximum Gasteiger partial charge on any atom is 0.0657 e. The summed E-state index contributed by atoms with van der Waals surface area (Å²) in [6.45, 7) is 46.0. The van der Waals surface area contributed by atoms with Gasteiger partial charge in [0, 0.05) is 0 Å². The zero-order valence-corrected chi connectivity index (χ0v) is 78.6. The zero-order valence-electron chi connectivity index (χ0n) is 78.6. The van der Waals surface area contributed by atoms with Crippen molar-refractivity contribution in [3.8, 4) is 0 Å². The highest BCUT2D eigenvalue weighted by Crippen LogP contribution is 2.71. The van der Waals surface area contributed by atoms with Crippen LogP contribution in [-0.2, 0) is 0 Å². The summed E-state index contributed by atoms with van der Waals surface area (Å²) in [5.41, 5.74) is 6.12. The lowest BCUT2D eigenvalue weighted by molar-refractivity contribution is -0.0538. The van der Waals surface area contributed by atoms with Crippen molar-refractivity contribution in [3.63, 3.8) is 0 Å². The van der Waals surface area contributed by atoms with Crippen molar-refractivity contribution < 1.29 is 40.9 Å². The van der Waals surface area contributed by atoms with Crippen molar-refractivity contribution in [1.29, 1.82) is 0 Å². The molecule has 1 unspecified atom stereocenters. The molecule has 12 saturated carbocycles. The molecule has 16 aliphatic carbocycles. The minimum absolute atomic E-state index is 0.130. The standard InChI is InChI=1S/4C27H46O2/c4*1-17(2)6-11-25(28)18(3)23-9-10-24-22-8-7-19-16-26(4,29)14-12-20(19)21(22)13-15-27(23,24)5/h4*7,17-18,20-25,28-29H,6,8-16H2,1-5H3/t18-,20-,21+,22+,23+,24-,25?,26-,27+;18-,20-,21+,22+,23+,24-,25+,26-,27+;2*18-,20-,21+,22+,23+,24-,25-,26-,27+/m0000/s1. The quantitative estimate of drug-likeness (QED) is 0.0559. The SMILES string of the molecule is CC(C)CCC(O)[C@@H](C)[C@H]1CC[C@H]2[C@@H]3CC=C4C[C@@](C)(O)CC[C@@H]4[C@H]3CC[C@]12C.CC(C)CC[C@@H](O)[C@@H](C)[C@H]1CC[C@H]2[C@@H]3CC=C4C[C@@](C)(O)CC[C@@H]4[C@H]3CC[C@]12C.CC(C)CC[C@H](O)[C@@H](C)[C@H]1CC[C@H]2[C@@H]3CC=C4C[C@@](C)(O)CC[C@@H]4[C@H]3CC[C@]12C.CC(C)CC[C@H](O)[C@@H](C)[C@H]1CC[C@H]2[C@@H]3CC=C4C[C@@](C)(O)CC[C@@H]4[C@H]3CC[C@]12C. The summed E-state index contributed by atoms with van der Waals surface area (Å²) in [6.07, 6.45) is 57.0. The van der Waals surface area contributed by atoms with Gasteiger partial charge in [-0.15, -0.1) is 0 Å². The van der Waals surface area contributed by atoms with Crippen molar-refractivity contribution in [3.05, 3.63) is 46.6 Å². The van der Waals surface area contributed by atoms with Crippen LogP contribution in [-0.4, -0.2) is 87.7 Å². The van der Waals surface area contributed by atoms with Gasteiger partial charge in [-0.25, -0.2) is 0 Å². The molecule has 8 nitrogen and oxygen atoms in total. The van der Waals surface area contributed by atoms with Crippen LogP contribution in [0.25, 0.3) is 0 Å². The lowest BCUT2D eigenvalue weighted by Crippen LogP contribution is -2.48. The smallest absolute Gasteiger partial charge is 0.0657 e. The summed E-state index contributed by atoms with van der Waals surface area (Å²) in [7, 11) is 0. The molecule has 16 rings (SSSR count). The van der Waals surface area contributed by atoms with Crippen molar-refractivity contribution >= 4 is 0 Å². The molecule has 0 aliphatic heterocycles. The fourth-order valence-corrected chi connectivity index (χ4v) is 33.6. The van der Waals surface area contributed by atoms with Crippen molar-refractivity contribution in [1.82, 2.24) is 0 Å². The van der Waals surface area contributed by atoms with E-state index < -0.39 is 22.4 Å². The number of rotatable bonds is 20. The van der Waals surface area contributed by atoms with E-state index >= 15 is 0 Å². The highest BCUT2D eigenvalue weighted by atomic mass is 16.3. The molecular formula is C108H184O8. The minimum atomic E-state index is -0.474. The highest BCUT2D eigenvalue weighted by molar-refractivity contribution is 5.27. The van der Waals surface area contributed by atoms with E-state index in [2.05, 4.69) is 135 Å². The Kier molecular flexibility index (Phi) is 29.1. The molecule has 8 heteroatoms. The van der Waals surface area contributed by atoms with Crippen LogP contribution in [0.1, 0.15) is 395 Å². The van der Waals surface area contributed by atoms with Crippen LogP contribution in [0, 0.1) is 187 Å². The van der Waals surface area contributed by atoms with E-state index in [1.54, 1.807) is 22.3 Å². The topological polar surface area (TPSA) is 162 Å². The van der Waals surface area contributed by atoms with Gasteiger partial charge in [0.05, 0.1) is 46.8 Å². The predicted octanol–water partition coefficient (Wildman–Crippen LogP) is 25.4. The molecule has 0 saturated heterocycles. The molecule has 0 radical (unpaired) electrons. The zero-order chi connectivity index (χ0) is 83.9. The van der Waals surface area contributed by atoms with Gasteiger partial charge in [-0.2, -0.15) is 0 Å². The van der Waals surface area contributed by atoms with E-state index in [4.69, 9.17) is 0 Å². The average Bonchev–Trinajstić information content (AvgIpc) is 1.51. The number of aliphatic hydroxyl groups excluding tert-OH is 4. The Morgan fingerprint density at radius 1 is 0.250 bits per heavy atom. The Hall–Kier alpha value is -1.36. The summed E-state index contributed by atoms with van der Waals surface area (Å²) in [6, 6.07) is 0. The van der Waals surface area contributed by atoms with Gasteiger partial charge in [0.15, 0.2) is 0 Å². The predicted molar refractivity (Wildman–Crippen MR) is 482 cm³/mol. The van der Waals surface area contributed by atoms with Crippen LogP contribution in [0.15, 0.2) is 46.6 Å². The molecular weight excluding hydrogens is 1430 g/mol. The van der Waals surface area contributed by atoms with Gasteiger partial charge in [0.2, 0.25) is 0 Å². The minimum Gasteiger partial charge on any atom is -0.393 e. The molecule has 12 fully saturated rings. The Morgan fingerprint density at radius 3 is 0.621 bits per heavy atom. The number of hydrogen-bond donors (Lipinski definition) is 8. The van der Waals surface area contributed by atoms with Gasteiger partial charge in [-0.05, 0) is 472 Å². The molecule has 16 aliphatic rings. The maximum atomic E-state index is 10.9. The second-order valence-corrected chi connectivity index (χ2v) is 49.6. The first-order valence-corrected chi connectivity index (χ1v) is 50.9. The fraction of sp³-hybridized carbons (Fsp3) is 0.926. The monoisotopic (exact) mass is 1610 g/mol. The first kappa shape index (κ1) is 92.3. The highest BCUT2D eigenvalue weighted by Gasteiger charge is 2.63. The second kappa shape index (κ2) is 36.5. The van der Waals surface area contributed by atoms with Crippen LogP contribution < -0.4 is 0 Å². The van der Waals surface area contributed by atoms with E-state index in [1.807, 2.05) is 27.7 Å². The molecule has 664 valence electrons. The summed E-state index contributed by atoms with van der Waals surface area (Å²) in [4.78, 5) is 0. The molecule has 0 bridgehead atoms. The van der Waals surface area contributed by atoms with E-state index in [0.717, 1.165) is 197 Å². The molecule has 0 aromatic heterocycles. The lowest BCUT2D eigenvalue weighted by Gasteiger charge is -2.55. The Labute approximate surface area is 712 Å². The largest absolute Gasteiger partial charge is 0.393 e. The van der Waals surface area contributed by atoms with Crippen molar-refractivity contribution in [2.45, 2.75) is 442 Å². The first-order chi connectivity index (χ1) is 54.5. The third-order valence-corrected chi connectivity index (χ3v) is 40.3. The van der Waals surface area contributed by atoms with Gasteiger partial charge in [0.1, 0.15) is 0 Å². The van der Waals surface area contributed by atoms with Gasteiger partial charge < -0.3 is 40.9 Å². The molecule has 0 aromatic carbocycles. The Balaban J connectivity index is 0.000000135. The molecule has 0 aromatic rings. The fourth-order valence-electron chi connectivity index (χ4n) is 33.6. The van der Waals surface area contributed by atoms with Gasteiger partial charge in [0.25, 0.3) is 0 Å². The van der Waals surface area contributed by atoms with E-state index in [1.165, 1.54) is 154 Å². The summed E-state index contributed by atoms with van der Waals surface area (Å²) in [5.74, 6) is 20.3. The van der Waals surface area contributed by atoms with Crippen LogP contribution in [0.3, 0.4) is 0 Å². The third-order valence-electron chi connectivity index (χ3n) is 40.3. The third kappa shape index (κ3) is 19.2. The molecule has 0 spiro atoms.